The van der Waals surface area contributed by atoms with E-state index in [1.807, 2.05) is 0 Å². The van der Waals surface area contributed by atoms with Gasteiger partial charge in [0, 0.05) is 11.6 Å². The van der Waals surface area contributed by atoms with Crippen LogP contribution in [0.2, 0.25) is 0 Å². The van der Waals surface area contributed by atoms with Crippen molar-refractivity contribution in [3.63, 3.8) is 0 Å². The summed E-state index contributed by atoms with van der Waals surface area (Å²) in [5.41, 5.74) is -0.149. The minimum atomic E-state index is -1.05. The zero-order valence-corrected chi connectivity index (χ0v) is 14.0. The van der Waals surface area contributed by atoms with Crippen LogP contribution in [-0.2, 0) is 9.53 Å². The molecule has 7 nitrogen and oxygen atoms in total. The largest absolute Gasteiger partial charge is 0.497 e. The lowest BCUT2D eigenvalue weighted by molar-refractivity contribution is -0.137. The van der Waals surface area contributed by atoms with E-state index in [1.165, 1.54) is 14.2 Å². The highest BCUT2D eigenvalue weighted by atomic mass is 16.6. The molecule has 7 heteroatoms. The van der Waals surface area contributed by atoms with Crippen molar-refractivity contribution >= 4 is 12.1 Å². The Balaban J connectivity index is 3.06. The number of alkyl carbamates (subject to hydrolysis) is 1. The zero-order chi connectivity index (χ0) is 17.6. The second kappa shape index (κ2) is 7.71. The Bertz CT molecular complexity index is 564. The molecule has 0 heterocycles. The van der Waals surface area contributed by atoms with E-state index in [2.05, 4.69) is 5.32 Å². The van der Waals surface area contributed by atoms with Crippen LogP contribution in [0.25, 0.3) is 0 Å². The number of methoxy groups -OCH3 is 2. The Kier molecular flexibility index (Phi) is 6.24. The summed E-state index contributed by atoms with van der Waals surface area (Å²) in [6.45, 7) is 5.19. The average molecular weight is 325 g/mol. The number of hydrogen-bond donors (Lipinski definition) is 2. The van der Waals surface area contributed by atoms with Crippen LogP contribution in [0.5, 0.6) is 11.5 Å². The van der Waals surface area contributed by atoms with Crippen LogP contribution in [0, 0.1) is 0 Å². The Hall–Kier alpha value is -2.44. The summed E-state index contributed by atoms with van der Waals surface area (Å²) in [6.07, 6.45) is -0.997. The summed E-state index contributed by atoms with van der Waals surface area (Å²) in [4.78, 5) is 23.1. The van der Waals surface area contributed by atoms with E-state index >= 15 is 0 Å². The molecule has 2 N–H and O–H groups in total. The van der Waals surface area contributed by atoms with Gasteiger partial charge in [-0.3, -0.25) is 4.79 Å². The molecule has 0 fully saturated rings. The first-order chi connectivity index (χ1) is 10.7. The van der Waals surface area contributed by atoms with E-state index in [0.717, 1.165) is 0 Å². The van der Waals surface area contributed by atoms with Crippen molar-refractivity contribution in [1.82, 2.24) is 5.32 Å². The first kappa shape index (κ1) is 18.6. The van der Waals surface area contributed by atoms with Crippen molar-refractivity contribution in [3.8, 4) is 11.5 Å². The molecule has 0 spiro atoms. The summed E-state index contributed by atoms with van der Waals surface area (Å²) in [5, 5.41) is 11.7. The number of carbonyl (C=O) groups excluding carboxylic acids is 1. The van der Waals surface area contributed by atoms with Gasteiger partial charge in [-0.25, -0.2) is 4.79 Å². The third-order valence-electron chi connectivity index (χ3n) is 2.89. The molecule has 0 saturated carbocycles. The Morgan fingerprint density at radius 3 is 2.35 bits per heavy atom. The van der Waals surface area contributed by atoms with Crippen LogP contribution < -0.4 is 14.8 Å². The number of rotatable bonds is 6. The van der Waals surface area contributed by atoms with Crippen LogP contribution in [0.3, 0.4) is 0 Å². The molecule has 0 bridgehead atoms. The lowest BCUT2D eigenvalue weighted by Crippen LogP contribution is -2.36. The summed E-state index contributed by atoms with van der Waals surface area (Å²) in [6, 6.07) is 4.16. The van der Waals surface area contributed by atoms with E-state index in [0.29, 0.717) is 17.1 Å². The standard InChI is InChI=1S/C16H23NO6/c1-16(2,3)23-15(20)17-12(9-14(18)19)11-7-6-10(21-4)8-13(11)22-5/h6-8,12H,9H2,1-5H3,(H,17,20)(H,18,19). The van der Waals surface area contributed by atoms with Gasteiger partial charge in [-0.1, -0.05) is 0 Å². The van der Waals surface area contributed by atoms with Crippen molar-refractivity contribution in [2.24, 2.45) is 0 Å². The third-order valence-corrected chi connectivity index (χ3v) is 2.89. The van der Waals surface area contributed by atoms with E-state index < -0.39 is 23.7 Å². The maximum atomic E-state index is 12.0. The molecular formula is C16H23NO6. The quantitative estimate of drug-likeness (QED) is 0.835. The fourth-order valence-electron chi connectivity index (χ4n) is 1.97. The summed E-state index contributed by atoms with van der Waals surface area (Å²) < 4.78 is 15.6. The van der Waals surface area contributed by atoms with Crippen molar-refractivity contribution in [2.45, 2.75) is 38.8 Å². The fraction of sp³-hybridized carbons (Fsp3) is 0.500. The maximum Gasteiger partial charge on any atom is 0.408 e. The molecule has 1 unspecified atom stereocenters. The molecule has 1 rings (SSSR count). The normalized spacial score (nSPS) is 12.2. The number of carbonyl (C=O) groups is 2. The molecular weight excluding hydrogens is 302 g/mol. The second-order valence-corrected chi connectivity index (χ2v) is 5.90. The third kappa shape index (κ3) is 6.06. The van der Waals surface area contributed by atoms with Gasteiger partial charge >= 0.3 is 12.1 Å². The van der Waals surface area contributed by atoms with E-state index in [4.69, 9.17) is 19.3 Å². The maximum absolute atomic E-state index is 12.0. The van der Waals surface area contributed by atoms with Crippen molar-refractivity contribution < 1.29 is 28.9 Å². The predicted octanol–water partition coefficient (Wildman–Crippen LogP) is 2.74. The van der Waals surface area contributed by atoms with Crippen LogP contribution >= 0.6 is 0 Å². The van der Waals surface area contributed by atoms with Gasteiger partial charge in [-0.15, -0.1) is 0 Å². The molecule has 0 aliphatic rings. The number of carboxylic acids is 1. The minimum Gasteiger partial charge on any atom is -0.497 e. The molecule has 0 saturated heterocycles. The number of amides is 1. The highest BCUT2D eigenvalue weighted by Gasteiger charge is 2.25. The molecule has 0 aliphatic heterocycles. The number of ether oxygens (including phenoxy) is 3. The van der Waals surface area contributed by atoms with Gasteiger partial charge in [0.2, 0.25) is 0 Å². The number of hydrogen-bond acceptors (Lipinski definition) is 5. The Morgan fingerprint density at radius 1 is 1.22 bits per heavy atom. The summed E-state index contributed by atoms with van der Waals surface area (Å²) in [5.74, 6) is -0.0625. The number of aliphatic carboxylic acids is 1. The predicted molar refractivity (Wildman–Crippen MR) is 83.9 cm³/mol. The van der Waals surface area contributed by atoms with E-state index in [9.17, 15) is 9.59 Å². The molecule has 0 aliphatic carbocycles. The van der Waals surface area contributed by atoms with Crippen LogP contribution in [-0.4, -0.2) is 37.0 Å². The van der Waals surface area contributed by atoms with Gasteiger partial charge in [0.1, 0.15) is 17.1 Å². The smallest absolute Gasteiger partial charge is 0.408 e. The fourth-order valence-corrected chi connectivity index (χ4v) is 1.97. The van der Waals surface area contributed by atoms with Gasteiger partial charge in [-0.05, 0) is 32.9 Å². The molecule has 0 aromatic heterocycles. The molecule has 0 radical (unpaired) electrons. The van der Waals surface area contributed by atoms with Gasteiger partial charge in [0.25, 0.3) is 0 Å². The van der Waals surface area contributed by atoms with Gasteiger partial charge in [-0.2, -0.15) is 0 Å². The van der Waals surface area contributed by atoms with Gasteiger partial charge in [0.15, 0.2) is 0 Å². The summed E-state index contributed by atoms with van der Waals surface area (Å²) >= 11 is 0. The van der Waals surface area contributed by atoms with Crippen molar-refractivity contribution in [2.75, 3.05) is 14.2 Å². The lowest BCUT2D eigenvalue weighted by atomic mass is 10.0. The minimum absolute atomic E-state index is 0.304. The molecule has 128 valence electrons. The molecule has 1 aromatic carbocycles. The first-order valence-electron chi connectivity index (χ1n) is 7.09. The Labute approximate surface area is 135 Å². The molecule has 1 amide bonds. The second-order valence-electron chi connectivity index (χ2n) is 5.90. The highest BCUT2D eigenvalue weighted by molar-refractivity contribution is 5.72. The molecule has 1 atom stereocenters. The first-order valence-corrected chi connectivity index (χ1v) is 7.09. The summed E-state index contributed by atoms with van der Waals surface area (Å²) in [7, 11) is 2.98. The topological polar surface area (TPSA) is 94.1 Å². The van der Waals surface area contributed by atoms with Crippen LogP contribution in [0.4, 0.5) is 4.79 Å². The van der Waals surface area contributed by atoms with Crippen molar-refractivity contribution in [1.29, 1.82) is 0 Å². The average Bonchev–Trinajstić information content (AvgIpc) is 2.43. The monoisotopic (exact) mass is 325 g/mol. The van der Waals surface area contributed by atoms with Crippen LogP contribution in [0.1, 0.15) is 38.8 Å². The Morgan fingerprint density at radius 2 is 1.87 bits per heavy atom. The molecule has 1 aromatic rings. The van der Waals surface area contributed by atoms with Gasteiger partial charge < -0.3 is 24.6 Å². The van der Waals surface area contributed by atoms with Gasteiger partial charge in [0.05, 0.1) is 26.7 Å². The van der Waals surface area contributed by atoms with E-state index in [-0.39, 0.29) is 6.42 Å². The molecule has 23 heavy (non-hydrogen) atoms. The van der Waals surface area contributed by atoms with Crippen molar-refractivity contribution in [3.05, 3.63) is 23.8 Å². The SMILES string of the molecule is COc1ccc(C(CC(=O)O)NC(=O)OC(C)(C)C)c(OC)c1. The number of nitrogens with one attached hydrogen (secondary N) is 1. The van der Waals surface area contributed by atoms with Crippen LogP contribution in [0.15, 0.2) is 18.2 Å². The van der Waals surface area contributed by atoms with E-state index in [1.54, 1.807) is 39.0 Å². The number of benzene rings is 1. The lowest BCUT2D eigenvalue weighted by Gasteiger charge is -2.24. The zero-order valence-electron chi connectivity index (χ0n) is 14.0. The highest BCUT2D eigenvalue weighted by Crippen LogP contribution is 2.31. The number of carboxylic acid groups (broad SMARTS) is 1.